The van der Waals surface area contributed by atoms with Gasteiger partial charge in [0, 0.05) is 0 Å². The van der Waals surface area contributed by atoms with E-state index in [4.69, 9.17) is 0 Å². The van der Waals surface area contributed by atoms with Gasteiger partial charge in [-0.2, -0.15) is 0 Å². The van der Waals surface area contributed by atoms with Gasteiger partial charge in [0.25, 0.3) is 0 Å². The van der Waals surface area contributed by atoms with Crippen molar-refractivity contribution in [1.82, 2.24) is 0 Å². The molecule has 29 heavy (non-hydrogen) atoms. The molecular formula is C29H58. The molecule has 174 valence electrons. The minimum Gasteiger partial charge on any atom is -0.0885 e. The monoisotopic (exact) mass is 406 g/mol. The topological polar surface area (TPSA) is 0 Å². The van der Waals surface area contributed by atoms with Crippen LogP contribution in [-0.2, 0) is 0 Å². The van der Waals surface area contributed by atoms with Crippen LogP contribution in [0.15, 0.2) is 12.2 Å². The van der Waals surface area contributed by atoms with Gasteiger partial charge in [-0.15, -0.1) is 0 Å². The molecule has 0 aliphatic rings. The minimum absolute atomic E-state index is 0.923. The molecule has 0 radical (unpaired) electrons. The van der Waals surface area contributed by atoms with Gasteiger partial charge in [-0.25, -0.2) is 0 Å². The molecule has 0 heteroatoms. The second kappa shape index (κ2) is 24.0. The summed E-state index contributed by atoms with van der Waals surface area (Å²) in [4.78, 5) is 0. The Morgan fingerprint density at radius 1 is 0.483 bits per heavy atom. The molecule has 0 fully saturated rings. The molecule has 0 rings (SSSR count). The highest BCUT2D eigenvalue weighted by Crippen LogP contribution is 2.27. The molecule has 2 atom stereocenters. The first-order valence-electron chi connectivity index (χ1n) is 13.9. The zero-order valence-electron chi connectivity index (χ0n) is 21.2. The summed E-state index contributed by atoms with van der Waals surface area (Å²) in [6.45, 7) is 9.49. The van der Waals surface area contributed by atoms with E-state index in [1.807, 2.05) is 0 Å². The van der Waals surface area contributed by atoms with Crippen LogP contribution < -0.4 is 0 Å². The normalized spacial score (nSPS) is 13.9. The van der Waals surface area contributed by atoms with E-state index < -0.39 is 0 Å². The summed E-state index contributed by atoms with van der Waals surface area (Å²) in [6.07, 6.45) is 34.8. The van der Waals surface area contributed by atoms with Gasteiger partial charge in [0.15, 0.2) is 0 Å². The summed E-state index contributed by atoms with van der Waals surface area (Å²) >= 11 is 0. The van der Waals surface area contributed by atoms with Crippen molar-refractivity contribution >= 4 is 0 Å². The highest BCUT2D eigenvalue weighted by Gasteiger charge is 2.14. The van der Waals surface area contributed by atoms with Crippen molar-refractivity contribution in [3.63, 3.8) is 0 Å². The Morgan fingerprint density at radius 2 is 0.862 bits per heavy atom. The van der Waals surface area contributed by atoms with E-state index in [2.05, 4.69) is 39.8 Å². The second-order valence-electron chi connectivity index (χ2n) is 9.72. The third kappa shape index (κ3) is 20.8. The van der Waals surface area contributed by atoms with Crippen molar-refractivity contribution < 1.29 is 0 Å². The van der Waals surface area contributed by atoms with E-state index in [1.54, 1.807) is 0 Å². The predicted molar refractivity (Wildman–Crippen MR) is 136 cm³/mol. The number of unbranched alkanes of at least 4 members (excludes halogenated alkanes) is 15. The van der Waals surface area contributed by atoms with Gasteiger partial charge in [0.05, 0.1) is 0 Å². The molecule has 0 bridgehead atoms. The Hall–Kier alpha value is -0.260. The van der Waals surface area contributed by atoms with Crippen LogP contribution in [0.4, 0.5) is 0 Å². The van der Waals surface area contributed by atoms with Crippen LogP contribution in [0.5, 0.6) is 0 Å². The van der Waals surface area contributed by atoms with Crippen LogP contribution in [0.25, 0.3) is 0 Å². The van der Waals surface area contributed by atoms with Crippen LogP contribution in [0.1, 0.15) is 163 Å². The van der Waals surface area contributed by atoms with E-state index in [9.17, 15) is 0 Å². The van der Waals surface area contributed by atoms with Gasteiger partial charge in [0.2, 0.25) is 0 Å². The lowest BCUT2D eigenvalue weighted by Crippen LogP contribution is -2.11. The molecular weight excluding hydrogens is 348 g/mol. The van der Waals surface area contributed by atoms with Crippen LogP contribution >= 0.6 is 0 Å². The van der Waals surface area contributed by atoms with E-state index in [-0.39, 0.29) is 0 Å². The zero-order valence-corrected chi connectivity index (χ0v) is 21.2. The van der Waals surface area contributed by atoms with Crippen LogP contribution in [-0.4, -0.2) is 0 Å². The minimum atomic E-state index is 0.923. The summed E-state index contributed by atoms with van der Waals surface area (Å²) < 4.78 is 0. The number of hydrogen-bond acceptors (Lipinski definition) is 0. The lowest BCUT2D eigenvalue weighted by molar-refractivity contribution is 0.288. The Bertz CT molecular complexity index is 316. The first kappa shape index (κ1) is 28.7. The first-order chi connectivity index (χ1) is 14.3. The molecule has 0 saturated carbocycles. The van der Waals surface area contributed by atoms with Crippen LogP contribution in [0.3, 0.4) is 0 Å². The zero-order chi connectivity index (χ0) is 21.4. The smallest absolute Gasteiger partial charge is 0.0351 e. The third-order valence-corrected chi connectivity index (χ3v) is 6.96. The number of allylic oxidation sites excluding steroid dienone is 2. The van der Waals surface area contributed by atoms with Crippen molar-refractivity contribution in [2.24, 2.45) is 11.8 Å². The summed E-state index contributed by atoms with van der Waals surface area (Å²) in [7, 11) is 0. The fraction of sp³-hybridized carbons (Fsp3) is 0.931. The molecule has 0 aliphatic heterocycles. The molecule has 0 saturated heterocycles. The van der Waals surface area contributed by atoms with E-state index in [0.29, 0.717) is 0 Å². The Morgan fingerprint density at radius 3 is 1.31 bits per heavy atom. The van der Waals surface area contributed by atoms with Gasteiger partial charge in [-0.05, 0) is 37.5 Å². The van der Waals surface area contributed by atoms with Crippen molar-refractivity contribution in [2.45, 2.75) is 163 Å². The molecule has 0 aromatic rings. The molecule has 0 spiro atoms. The average molecular weight is 407 g/mol. The van der Waals surface area contributed by atoms with Crippen molar-refractivity contribution in [2.75, 3.05) is 0 Å². The fourth-order valence-corrected chi connectivity index (χ4v) is 4.53. The number of rotatable bonds is 23. The molecule has 0 N–H and O–H groups in total. The molecule has 0 nitrogen and oxygen atoms in total. The first-order valence-corrected chi connectivity index (χ1v) is 13.9. The van der Waals surface area contributed by atoms with E-state index in [1.165, 1.54) is 135 Å². The predicted octanol–water partition coefficient (Wildman–Crippen LogP) is 11.0. The molecule has 0 aromatic heterocycles. The Kier molecular flexibility index (Phi) is 23.8. The van der Waals surface area contributed by atoms with Crippen molar-refractivity contribution in [3.05, 3.63) is 12.2 Å². The van der Waals surface area contributed by atoms with Crippen LogP contribution in [0, 0.1) is 11.8 Å². The average Bonchev–Trinajstić information content (AvgIpc) is 2.74. The highest BCUT2D eigenvalue weighted by atomic mass is 14.2. The maximum absolute atomic E-state index is 2.50. The maximum Gasteiger partial charge on any atom is -0.0351 e. The number of hydrogen-bond donors (Lipinski definition) is 0. The third-order valence-electron chi connectivity index (χ3n) is 6.96. The molecule has 0 heterocycles. The maximum atomic E-state index is 2.50. The van der Waals surface area contributed by atoms with E-state index in [0.717, 1.165) is 11.8 Å². The summed E-state index contributed by atoms with van der Waals surface area (Å²) in [5.41, 5.74) is 0. The van der Waals surface area contributed by atoms with Crippen molar-refractivity contribution in [1.29, 1.82) is 0 Å². The molecule has 2 unspecified atom stereocenters. The second-order valence-corrected chi connectivity index (χ2v) is 9.72. The SMILES string of the molecule is CCCCCCC/C=C/CCCCCC(CCCCCCCCCC)C(C)CC. The van der Waals surface area contributed by atoms with Gasteiger partial charge in [0.1, 0.15) is 0 Å². The summed E-state index contributed by atoms with van der Waals surface area (Å²) in [5.74, 6) is 1.91. The van der Waals surface area contributed by atoms with Gasteiger partial charge in [-0.1, -0.05) is 149 Å². The molecule has 0 aliphatic carbocycles. The summed E-state index contributed by atoms with van der Waals surface area (Å²) in [5, 5.41) is 0. The highest BCUT2D eigenvalue weighted by molar-refractivity contribution is 4.81. The summed E-state index contributed by atoms with van der Waals surface area (Å²) in [6, 6.07) is 0. The standard InChI is InChI=1S/C29H58/c1-5-8-10-12-14-16-17-18-19-21-23-25-27-29(28(4)7-3)26-24-22-20-15-13-11-9-6-2/h17-18,28-29H,5-16,19-27H2,1-4H3/b18-17+. The molecule has 0 aromatic carbocycles. The van der Waals surface area contributed by atoms with Gasteiger partial charge in [-0.3, -0.25) is 0 Å². The van der Waals surface area contributed by atoms with Gasteiger partial charge >= 0.3 is 0 Å². The van der Waals surface area contributed by atoms with E-state index >= 15 is 0 Å². The Balaban J connectivity index is 3.64. The largest absolute Gasteiger partial charge is 0.0885 e. The lowest BCUT2D eigenvalue weighted by atomic mass is 9.83. The fourth-order valence-electron chi connectivity index (χ4n) is 4.53. The van der Waals surface area contributed by atoms with Crippen molar-refractivity contribution in [3.8, 4) is 0 Å². The Labute approximate surface area is 186 Å². The molecule has 0 amide bonds. The van der Waals surface area contributed by atoms with Crippen LogP contribution in [0.2, 0.25) is 0 Å². The lowest BCUT2D eigenvalue weighted by Gasteiger charge is -2.23. The quantitative estimate of drug-likeness (QED) is 0.117. The van der Waals surface area contributed by atoms with Gasteiger partial charge < -0.3 is 0 Å².